The maximum absolute atomic E-state index is 9.50. The molecule has 94 valence electrons. The van der Waals surface area contributed by atoms with E-state index in [1.165, 1.54) is 0 Å². The molecule has 0 aliphatic carbocycles. The Morgan fingerprint density at radius 2 is 1.53 bits per heavy atom. The van der Waals surface area contributed by atoms with E-state index in [1.807, 2.05) is 27.7 Å². The van der Waals surface area contributed by atoms with Gasteiger partial charge in [-0.15, -0.1) is 0 Å². The molecule has 0 heterocycles. The van der Waals surface area contributed by atoms with Gasteiger partial charge < -0.3 is 20.1 Å². The molecular weight excluding hydrogens is 217 g/mol. The number of methoxy groups -OCH3 is 1. The summed E-state index contributed by atoms with van der Waals surface area (Å²) in [5, 5.41) is 22.1. The third-order valence-corrected chi connectivity index (χ3v) is 3.39. The third kappa shape index (κ3) is 2.62. The number of ether oxygens (including phenoxy) is 1. The van der Waals surface area contributed by atoms with Crippen molar-refractivity contribution < 1.29 is 14.8 Å². The largest absolute Gasteiger partial charge is 0.490 e. The van der Waals surface area contributed by atoms with Crippen LogP contribution in [0.15, 0.2) is 0 Å². The van der Waals surface area contributed by atoms with E-state index in [-0.39, 0.29) is 0 Å². The van der Waals surface area contributed by atoms with Crippen LogP contribution in [0, 0.1) is 27.7 Å². The van der Waals surface area contributed by atoms with Gasteiger partial charge in [0.1, 0.15) is 6.73 Å². The molecule has 17 heavy (non-hydrogen) atoms. The normalized spacial score (nSPS) is 10.5. The molecule has 0 aliphatic rings. The Hall–Kier alpha value is -1.04. The Bertz CT molecular complexity index is 419. The van der Waals surface area contributed by atoms with Crippen LogP contribution in [0.5, 0.6) is 0 Å². The summed E-state index contributed by atoms with van der Waals surface area (Å²) >= 11 is 0. The van der Waals surface area contributed by atoms with Crippen molar-refractivity contribution in [2.45, 2.75) is 27.7 Å². The van der Waals surface area contributed by atoms with Gasteiger partial charge in [0.15, 0.2) is 0 Å². The standard InChI is InChI=1S/C12H20BNO3/c1-7-8(2)10(4)12(14-6-17-5)11(9(7)3)13(15)16/h14-16H,6H2,1-5H3. The first-order valence-corrected chi connectivity index (χ1v) is 5.61. The van der Waals surface area contributed by atoms with Gasteiger partial charge in [0.05, 0.1) is 0 Å². The summed E-state index contributed by atoms with van der Waals surface area (Å²) in [7, 11) is 0.109. The van der Waals surface area contributed by atoms with Crippen LogP contribution in [0.2, 0.25) is 0 Å². The van der Waals surface area contributed by atoms with Gasteiger partial charge in [0.25, 0.3) is 0 Å². The van der Waals surface area contributed by atoms with E-state index in [1.54, 1.807) is 7.11 Å². The summed E-state index contributed by atoms with van der Waals surface area (Å²) in [4.78, 5) is 0. The van der Waals surface area contributed by atoms with Crippen molar-refractivity contribution >= 4 is 18.3 Å². The van der Waals surface area contributed by atoms with Crippen molar-refractivity contribution in [1.29, 1.82) is 0 Å². The maximum atomic E-state index is 9.50. The van der Waals surface area contributed by atoms with Crippen LogP contribution < -0.4 is 10.8 Å². The highest BCUT2D eigenvalue weighted by molar-refractivity contribution is 6.61. The van der Waals surface area contributed by atoms with Gasteiger partial charge in [-0.3, -0.25) is 0 Å². The van der Waals surface area contributed by atoms with Crippen molar-refractivity contribution in [3.05, 3.63) is 22.3 Å². The second-order valence-electron chi connectivity index (χ2n) is 4.27. The molecule has 0 bridgehead atoms. The summed E-state index contributed by atoms with van der Waals surface area (Å²) in [6.45, 7) is 8.22. The summed E-state index contributed by atoms with van der Waals surface area (Å²) in [5.41, 5.74) is 5.46. The van der Waals surface area contributed by atoms with Crippen molar-refractivity contribution in [3.8, 4) is 0 Å². The van der Waals surface area contributed by atoms with E-state index in [2.05, 4.69) is 5.32 Å². The van der Waals surface area contributed by atoms with Crippen molar-refractivity contribution in [3.63, 3.8) is 0 Å². The smallest absolute Gasteiger partial charge is 0.423 e. The van der Waals surface area contributed by atoms with E-state index in [0.29, 0.717) is 12.2 Å². The van der Waals surface area contributed by atoms with Crippen LogP contribution in [-0.2, 0) is 4.74 Å². The Morgan fingerprint density at radius 3 is 2.00 bits per heavy atom. The summed E-state index contributed by atoms with van der Waals surface area (Å²) in [5.74, 6) is 0. The third-order valence-electron chi connectivity index (χ3n) is 3.39. The number of rotatable bonds is 4. The van der Waals surface area contributed by atoms with Crippen LogP contribution in [0.25, 0.3) is 0 Å². The van der Waals surface area contributed by atoms with Crippen LogP contribution >= 0.6 is 0 Å². The number of nitrogens with one attached hydrogen (secondary N) is 1. The molecular formula is C12H20BNO3. The van der Waals surface area contributed by atoms with Gasteiger partial charge in [-0.2, -0.15) is 0 Å². The average molecular weight is 237 g/mol. The first-order chi connectivity index (χ1) is 7.91. The first kappa shape index (κ1) is 14.0. The summed E-state index contributed by atoms with van der Waals surface area (Å²) in [6.07, 6.45) is 0. The molecule has 0 spiro atoms. The SMILES string of the molecule is COCNc1c(C)c(C)c(C)c(C)c1B(O)O. The number of hydrogen-bond donors (Lipinski definition) is 3. The van der Waals surface area contributed by atoms with Crippen molar-refractivity contribution in [2.24, 2.45) is 0 Å². The molecule has 3 N–H and O–H groups in total. The van der Waals surface area contributed by atoms with Crippen molar-refractivity contribution in [1.82, 2.24) is 0 Å². The van der Waals surface area contributed by atoms with Crippen LogP contribution in [-0.4, -0.2) is 31.0 Å². The number of anilines is 1. The predicted molar refractivity (Wildman–Crippen MR) is 70.7 cm³/mol. The van der Waals surface area contributed by atoms with E-state index in [0.717, 1.165) is 27.9 Å². The Balaban J connectivity index is 3.42. The lowest BCUT2D eigenvalue weighted by atomic mass is 9.72. The fourth-order valence-electron chi connectivity index (χ4n) is 2.04. The zero-order chi connectivity index (χ0) is 13.2. The molecule has 0 radical (unpaired) electrons. The minimum Gasteiger partial charge on any atom is -0.423 e. The van der Waals surface area contributed by atoms with Crippen LogP contribution in [0.4, 0.5) is 5.69 Å². The molecule has 5 heteroatoms. The number of benzene rings is 1. The fourth-order valence-corrected chi connectivity index (χ4v) is 2.04. The quantitative estimate of drug-likeness (QED) is 0.530. The molecule has 0 saturated heterocycles. The van der Waals surface area contributed by atoms with E-state index in [4.69, 9.17) is 4.74 Å². The minimum absolute atomic E-state index is 0.336. The van der Waals surface area contributed by atoms with Crippen LogP contribution in [0.3, 0.4) is 0 Å². The molecule has 0 atom stereocenters. The van der Waals surface area contributed by atoms with Crippen LogP contribution in [0.1, 0.15) is 22.3 Å². The monoisotopic (exact) mass is 237 g/mol. The highest BCUT2D eigenvalue weighted by Gasteiger charge is 2.23. The molecule has 0 unspecified atom stereocenters. The molecule has 1 aromatic rings. The summed E-state index contributed by atoms with van der Waals surface area (Å²) in [6, 6.07) is 0. The Morgan fingerprint density at radius 1 is 1.00 bits per heavy atom. The van der Waals surface area contributed by atoms with Gasteiger partial charge in [0.2, 0.25) is 0 Å². The average Bonchev–Trinajstić information content (AvgIpc) is 2.28. The molecule has 1 aromatic carbocycles. The molecule has 4 nitrogen and oxygen atoms in total. The van der Waals surface area contributed by atoms with E-state index >= 15 is 0 Å². The zero-order valence-corrected chi connectivity index (χ0v) is 11.1. The lowest BCUT2D eigenvalue weighted by molar-refractivity contribution is 0.221. The van der Waals surface area contributed by atoms with Gasteiger partial charge in [-0.05, 0) is 49.9 Å². The van der Waals surface area contributed by atoms with Gasteiger partial charge in [-0.1, -0.05) is 0 Å². The fraction of sp³-hybridized carbons (Fsp3) is 0.500. The number of hydrogen-bond acceptors (Lipinski definition) is 4. The van der Waals surface area contributed by atoms with E-state index < -0.39 is 7.12 Å². The molecule has 0 fully saturated rings. The Kier molecular flexibility index (Phi) is 4.57. The van der Waals surface area contributed by atoms with Gasteiger partial charge in [0, 0.05) is 18.3 Å². The van der Waals surface area contributed by atoms with Crippen molar-refractivity contribution in [2.75, 3.05) is 19.2 Å². The lowest BCUT2D eigenvalue weighted by Crippen LogP contribution is -2.36. The zero-order valence-electron chi connectivity index (χ0n) is 11.1. The lowest BCUT2D eigenvalue weighted by Gasteiger charge is -2.21. The second-order valence-corrected chi connectivity index (χ2v) is 4.27. The predicted octanol–water partition coefficient (Wildman–Crippen LogP) is 0.616. The molecule has 0 saturated carbocycles. The molecule has 0 amide bonds. The molecule has 1 rings (SSSR count). The van der Waals surface area contributed by atoms with E-state index in [9.17, 15) is 10.0 Å². The second kappa shape index (κ2) is 5.53. The summed E-state index contributed by atoms with van der Waals surface area (Å²) < 4.78 is 4.97. The molecule has 0 aliphatic heterocycles. The van der Waals surface area contributed by atoms with Gasteiger partial charge >= 0.3 is 7.12 Å². The Labute approximate surface area is 103 Å². The highest BCUT2D eigenvalue weighted by atomic mass is 16.5. The minimum atomic E-state index is -1.48. The van der Waals surface area contributed by atoms with Gasteiger partial charge in [-0.25, -0.2) is 0 Å². The maximum Gasteiger partial charge on any atom is 0.490 e. The topological polar surface area (TPSA) is 61.7 Å². The molecule has 0 aromatic heterocycles. The first-order valence-electron chi connectivity index (χ1n) is 5.61. The highest BCUT2D eigenvalue weighted by Crippen LogP contribution is 2.23.